The van der Waals surface area contributed by atoms with E-state index in [0.717, 1.165) is 23.7 Å². The van der Waals surface area contributed by atoms with Gasteiger partial charge in [-0.25, -0.2) is 4.98 Å². The average molecular weight is 259 g/mol. The van der Waals surface area contributed by atoms with E-state index in [9.17, 15) is 0 Å². The summed E-state index contributed by atoms with van der Waals surface area (Å²) in [6, 6.07) is 8.13. The van der Waals surface area contributed by atoms with E-state index in [1.54, 1.807) is 7.11 Å². The van der Waals surface area contributed by atoms with E-state index in [-0.39, 0.29) is 0 Å². The first-order valence-electron chi connectivity index (χ1n) is 6.55. The van der Waals surface area contributed by atoms with Crippen molar-refractivity contribution in [2.45, 2.75) is 27.0 Å². The number of ether oxygens (including phenoxy) is 1. The maximum absolute atomic E-state index is 5.22. The first-order valence-corrected chi connectivity index (χ1v) is 6.55. The Kier molecular flexibility index (Phi) is 4.58. The zero-order valence-corrected chi connectivity index (χ0v) is 11.8. The van der Waals surface area contributed by atoms with Gasteiger partial charge < -0.3 is 14.6 Å². The summed E-state index contributed by atoms with van der Waals surface area (Å²) in [6.07, 6.45) is 3.82. The first-order chi connectivity index (χ1) is 9.20. The van der Waals surface area contributed by atoms with Gasteiger partial charge in [0.25, 0.3) is 0 Å². The number of aromatic nitrogens is 2. The number of para-hydroxylation sites is 1. The number of rotatable bonds is 6. The molecule has 1 heterocycles. The second kappa shape index (κ2) is 6.38. The lowest BCUT2D eigenvalue weighted by Crippen LogP contribution is -2.08. The first kappa shape index (κ1) is 13.6. The van der Waals surface area contributed by atoms with E-state index >= 15 is 0 Å². The van der Waals surface area contributed by atoms with Crippen molar-refractivity contribution in [1.29, 1.82) is 0 Å². The molecule has 0 saturated carbocycles. The maximum atomic E-state index is 5.22. The van der Waals surface area contributed by atoms with Crippen LogP contribution in [0.2, 0.25) is 0 Å². The molecule has 0 bridgehead atoms. The highest BCUT2D eigenvalue weighted by Gasteiger charge is 2.07. The molecule has 0 saturated heterocycles. The standard InChI is InChI=1S/C15H21N3O/c1-12(2)10-18-9-8-16-15(18)17-14-7-5-4-6-13(14)11-19-3/h4-9,12H,10-11H2,1-3H3,(H,16,17). The maximum Gasteiger partial charge on any atom is 0.207 e. The highest BCUT2D eigenvalue weighted by Crippen LogP contribution is 2.21. The minimum absolute atomic E-state index is 0.587. The summed E-state index contributed by atoms with van der Waals surface area (Å²) in [7, 11) is 1.70. The fraction of sp³-hybridized carbons (Fsp3) is 0.400. The third kappa shape index (κ3) is 3.58. The van der Waals surface area contributed by atoms with Crippen molar-refractivity contribution in [2.75, 3.05) is 12.4 Å². The van der Waals surface area contributed by atoms with Crippen LogP contribution < -0.4 is 5.32 Å². The van der Waals surface area contributed by atoms with Crippen LogP contribution in [0.1, 0.15) is 19.4 Å². The van der Waals surface area contributed by atoms with Gasteiger partial charge >= 0.3 is 0 Å². The van der Waals surface area contributed by atoms with Crippen LogP contribution in [0.5, 0.6) is 0 Å². The van der Waals surface area contributed by atoms with E-state index in [2.05, 4.69) is 34.8 Å². The van der Waals surface area contributed by atoms with Crippen molar-refractivity contribution < 1.29 is 4.74 Å². The van der Waals surface area contributed by atoms with Crippen LogP contribution in [0.25, 0.3) is 0 Å². The predicted octanol–water partition coefficient (Wildman–Crippen LogP) is 3.43. The molecule has 4 heteroatoms. The third-order valence-corrected chi connectivity index (χ3v) is 2.84. The van der Waals surface area contributed by atoms with Gasteiger partial charge in [-0.15, -0.1) is 0 Å². The van der Waals surface area contributed by atoms with E-state index in [4.69, 9.17) is 4.74 Å². The molecule has 0 aliphatic carbocycles. The fourth-order valence-corrected chi connectivity index (χ4v) is 2.02. The quantitative estimate of drug-likeness (QED) is 0.863. The molecule has 1 aromatic heterocycles. The number of imidazole rings is 1. The van der Waals surface area contributed by atoms with Crippen LogP contribution in [0.3, 0.4) is 0 Å². The van der Waals surface area contributed by atoms with Gasteiger partial charge in [0, 0.05) is 37.3 Å². The summed E-state index contributed by atoms with van der Waals surface area (Å²) in [5.74, 6) is 1.46. The molecule has 0 spiro atoms. The van der Waals surface area contributed by atoms with Crippen LogP contribution in [0.4, 0.5) is 11.6 Å². The van der Waals surface area contributed by atoms with E-state index < -0.39 is 0 Å². The summed E-state index contributed by atoms with van der Waals surface area (Å²) in [5.41, 5.74) is 2.17. The van der Waals surface area contributed by atoms with Crippen LogP contribution >= 0.6 is 0 Å². The van der Waals surface area contributed by atoms with Gasteiger partial charge in [-0.2, -0.15) is 0 Å². The van der Waals surface area contributed by atoms with Crippen molar-refractivity contribution >= 4 is 11.6 Å². The minimum Gasteiger partial charge on any atom is -0.380 e. The molecule has 19 heavy (non-hydrogen) atoms. The van der Waals surface area contributed by atoms with Crippen LogP contribution in [-0.4, -0.2) is 16.7 Å². The fourth-order valence-electron chi connectivity index (χ4n) is 2.02. The van der Waals surface area contributed by atoms with Crippen LogP contribution in [-0.2, 0) is 17.9 Å². The van der Waals surface area contributed by atoms with Crippen LogP contribution in [0.15, 0.2) is 36.7 Å². The molecule has 0 amide bonds. The number of methoxy groups -OCH3 is 1. The monoisotopic (exact) mass is 259 g/mol. The molecule has 0 aliphatic rings. The highest BCUT2D eigenvalue weighted by molar-refractivity contribution is 5.58. The molecule has 4 nitrogen and oxygen atoms in total. The van der Waals surface area contributed by atoms with Gasteiger partial charge in [0.05, 0.1) is 6.61 Å². The Morgan fingerprint density at radius 3 is 2.84 bits per heavy atom. The molecule has 102 valence electrons. The topological polar surface area (TPSA) is 39.1 Å². The molecule has 1 aromatic carbocycles. The van der Waals surface area contributed by atoms with Crippen molar-refractivity contribution in [3.63, 3.8) is 0 Å². The Morgan fingerprint density at radius 2 is 2.11 bits per heavy atom. The lowest BCUT2D eigenvalue weighted by atomic mass is 10.2. The Labute approximate surface area is 114 Å². The minimum atomic E-state index is 0.587. The second-order valence-electron chi connectivity index (χ2n) is 5.01. The zero-order chi connectivity index (χ0) is 13.7. The molecule has 0 aliphatic heterocycles. The predicted molar refractivity (Wildman–Crippen MR) is 77.5 cm³/mol. The smallest absolute Gasteiger partial charge is 0.207 e. The molecule has 0 atom stereocenters. The largest absolute Gasteiger partial charge is 0.380 e. The molecule has 2 aromatic rings. The lowest BCUT2D eigenvalue weighted by molar-refractivity contribution is 0.185. The van der Waals surface area contributed by atoms with E-state index in [1.807, 2.05) is 30.6 Å². The molecule has 0 fully saturated rings. The SMILES string of the molecule is COCc1ccccc1Nc1nccn1CC(C)C. The number of hydrogen-bond donors (Lipinski definition) is 1. The number of benzene rings is 1. The molecule has 2 rings (SSSR count). The van der Waals surface area contributed by atoms with E-state index in [0.29, 0.717) is 12.5 Å². The normalized spacial score (nSPS) is 10.9. The molecule has 0 radical (unpaired) electrons. The van der Waals surface area contributed by atoms with Crippen molar-refractivity contribution in [2.24, 2.45) is 5.92 Å². The van der Waals surface area contributed by atoms with E-state index in [1.165, 1.54) is 0 Å². The van der Waals surface area contributed by atoms with Crippen molar-refractivity contribution in [3.05, 3.63) is 42.2 Å². The Balaban J connectivity index is 2.19. The highest BCUT2D eigenvalue weighted by atomic mass is 16.5. The zero-order valence-electron chi connectivity index (χ0n) is 11.8. The van der Waals surface area contributed by atoms with Gasteiger partial charge in [0.2, 0.25) is 5.95 Å². The lowest BCUT2D eigenvalue weighted by Gasteiger charge is -2.14. The van der Waals surface area contributed by atoms with Crippen molar-refractivity contribution in [1.82, 2.24) is 9.55 Å². The Hall–Kier alpha value is -1.81. The number of nitrogens with zero attached hydrogens (tertiary/aromatic N) is 2. The molecule has 1 N–H and O–H groups in total. The van der Waals surface area contributed by atoms with Crippen LogP contribution in [0, 0.1) is 5.92 Å². The van der Waals surface area contributed by atoms with Gasteiger partial charge in [0.15, 0.2) is 0 Å². The molecule has 0 unspecified atom stereocenters. The van der Waals surface area contributed by atoms with Crippen molar-refractivity contribution in [3.8, 4) is 0 Å². The van der Waals surface area contributed by atoms with Gasteiger partial charge in [0.1, 0.15) is 0 Å². The summed E-state index contributed by atoms with van der Waals surface area (Å²) in [4.78, 5) is 4.38. The Bertz CT molecular complexity index is 520. The Morgan fingerprint density at radius 1 is 1.32 bits per heavy atom. The number of nitrogens with one attached hydrogen (secondary N) is 1. The summed E-state index contributed by atoms with van der Waals surface area (Å²) < 4.78 is 7.35. The summed E-state index contributed by atoms with van der Waals surface area (Å²) in [5, 5.41) is 3.38. The second-order valence-corrected chi connectivity index (χ2v) is 5.01. The average Bonchev–Trinajstić information content (AvgIpc) is 2.79. The van der Waals surface area contributed by atoms with Gasteiger partial charge in [-0.3, -0.25) is 0 Å². The summed E-state index contributed by atoms with van der Waals surface area (Å²) >= 11 is 0. The third-order valence-electron chi connectivity index (χ3n) is 2.84. The number of anilines is 2. The molecular formula is C15H21N3O. The molecular weight excluding hydrogens is 238 g/mol. The van der Waals surface area contributed by atoms with Gasteiger partial charge in [-0.1, -0.05) is 32.0 Å². The summed E-state index contributed by atoms with van der Waals surface area (Å²) in [6.45, 7) is 5.94. The number of hydrogen-bond acceptors (Lipinski definition) is 3. The van der Waals surface area contributed by atoms with Gasteiger partial charge in [-0.05, 0) is 12.0 Å².